The molecule has 5 rings (SSSR count). The predicted octanol–water partition coefficient (Wildman–Crippen LogP) is 3.12. The van der Waals surface area contributed by atoms with Gasteiger partial charge in [-0.3, -0.25) is 4.98 Å². The number of rotatable bonds is 3. The molecule has 2 fully saturated rings. The van der Waals surface area contributed by atoms with E-state index >= 15 is 0 Å². The van der Waals surface area contributed by atoms with Gasteiger partial charge < -0.3 is 10.2 Å². The maximum atomic E-state index is 11.5. The largest absolute Gasteiger partial charge is 0.396 e. The summed E-state index contributed by atoms with van der Waals surface area (Å²) in [4.78, 5) is 8.51. The molecule has 0 aromatic carbocycles. The van der Waals surface area contributed by atoms with E-state index in [-0.39, 0.29) is 41.3 Å². The smallest absolute Gasteiger partial charge is 0.171 e. The zero-order valence-electron chi connectivity index (χ0n) is 18.0. The van der Waals surface area contributed by atoms with Crippen LogP contribution < -0.4 is 0 Å². The fraction of sp³-hybridized carbons (Fsp3) is 0.625. The quantitative estimate of drug-likeness (QED) is 0.763. The van der Waals surface area contributed by atoms with Crippen LogP contribution in [0.5, 0.6) is 0 Å². The Balaban J connectivity index is 1.47. The molecule has 2 aromatic rings. The lowest BCUT2D eigenvalue weighted by atomic mass is 9.52. The molecule has 2 heterocycles. The first-order valence-corrected chi connectivity index (χ1v) is 11.2. The first-order valence-electron chi connectivity index (χ1n) is 11.2. The molecule has 0 spiro atoms. The third kappa shape index (κ3) is 2.80. The molecule has 0 radical (unpaired) electrons. The molecule has 3 aliphatic rings. The summed E-state index contributed by atoms with van der Waals surface area (Å²) in [7, 11) is 0. The van der Waals surface area contributed by atoms with E-state index in [1.807, 2.05) is 0 Å². The maximum absolute atomic E-state index is 11.5. The summed E-state index contributed by atoms with van der Waals surface area (Å²) in [5.41, 5.74) is 3.44. The SMILES string of the molecule is C=C1CC[C@H]2[C@H](O)[C@@H](C3(C)Cc4cn(-c5cnccn5)nc4C[C@@H]3CO)CC[C@]12C. The Labute approximate surface area is 178 Å². The minimum atomic E-state index is -0.348. The summed E-state index contributed by atoms with van der Waals surface area (Å²) >= 11 is 0. The standard InChI is InChI=1S/C24H32N4O2/c1-15-4-5-18-22(30)19(6-7-23(15,18)2)24(3)11-16-13-28(21-12-25-8-9-26-21)27-20(16)10-17(24)14-29/h8-9,12-13,17-19,22,29-30H,1,4-7,10-11,14H2,2-3H3/t17-,18+,19+,22+,23-,24?/m1/s1. The number of allylic oxidation sites excluding steroid dienone is 1. The van der Waals surface area contributed by atoms with Gasteiger partial charge in [0.15, 0.2) is 5.82 Å². The van der Waals surface area contributed by atoms with Gasteiger partial charge in [0.1, 0.15) is 0 Å². The normalized spacial score (nSPS) is 38.3. The van der Waals surface area contributed by atoms with Gasteiger partial charge in [-0.05, 0) is 72.7 Å². The lowest BCUT2D eigenvalue weighted by Crippen LogP contribution is -2.53. The topological polar surface area (TPSA) is 84.1 Å². The second-order valence-corrected chi connectivity index (χ2v) is 10.2. The van der Waals surface area contributed by atoms with Crippen molar-refractivity contribution in [3.8, 4) is 5.82 Å². The molecular weight excluding hydrogens is 376 g/mol. The molecule has 6 heteroatoms. The van der Waals surface area contributed by atoms with Crippen molar-refractivity contribution in [2.45, 2.75) is 58.5 Å². The van der Waals surface area contributed by atoms with Crippen molar-refractivity contribution in [3.05, 3.63) is 48.2 Å². The minimum Gasteiger partial charge on any atom is -0.396 e. The van der Waals surface area contributed by atoms with E-state index in [9.17, 15) is 10.2 Å². The average molecular weight is 409 g/mol. The van der Waals surface area contributed by atoms with Crippen LogP contribution in [0.15, 0.2) is 36.9 Å². The number of aliphatic hydroxyl groups excluding tert-OH is 2. The molecule has 0 saturated heterocycles. The molecule has 6 nitrogen and oxygen atoms in total. The summed E-state index contributed by atoms with van der Waals surface area (Å²) < 4.78 is 1.80. The van der Waals surface area contributed by atoms with Gasteiger partial charge in [-0.15, -0.1) is 0 Å². The third-order valence-corrected chi connectivity index (χ3v) is 8.86. The lowest BCUT2D eigenvalue weighted by Gasteiger charge is -2.54. The van der Waals surface area contributed by atoms with Gasteiger partial charge in [0.25, 0.3) is 0 Å². The molecule has 1 unspecified atom stereocenters. The zero-order valence-corrected chi connectivity index (χ0v) is 18.0. The Bertz CT molecular complexity index is 957. The van der Waals surface area contributed by atoms with E-state index in [0.717, 1.165) is 44.2 Å². The van der Waals surface area contributed by atoms with E-state index in [0.29, 0.717) is 5.82 Å². The van der Waals surface area contributed by atoms with Crippen LogP contribution in [0.25, 0.3) is 5.82 Å². The molecule has 2 saturated carbocycles. The molecule has 3 aliphatic carbocycles. The van der Waals surface area contributed by atoms with Gasteiger partial charge in [-0.1, -0.05) is 26.0 Å². The molecule has 2 aromatic heterocycles. The Hall–Kier alpha value is -2.05. The van der Waals surface area contributed by atoms with Crippen molar-refractivity contribution in [2.24, 2.45) is 28.6 Å². The number of hydrogen-bond acceptors (Lipinski definition) is 5. The van der Waals surface area contributed by atoms with E-state index < -0.39 is 0 Å². The van der Waals surface area contributed by atoms with Crippen LogP contribution in [0.2, 0.25) is 0 Å². The number of nitrogens with zero attached hydrogens (tertiary/aromatic N) is 4. The molecule has 0 aliphatic heterocycles. The first kappa shape index (κ1) is 19.9. The molecule has 160 valence electrons. The van der Waals surface area contributed by atoms with Gasteiger partial charge in [-0.2, -0.15) is 5.10 Å². The minimum absolute atomic E-state index is 0.0671. The Morgan fingerprint density at radius 2 is 2.07 bits per heavy atom. The van der Waals surface area contributed by atoms with Gasteiger partial charge in [0.05, 0.1) is 18.0 Å². The van der Waals surface area contributed by atoms with Gasteiger partial charge in [-0.25, -0.2) is 9.67 Å². The van der Waals surface area contributed by atoms with Crippen LogP contribution in [0.4, 0.5) is 0 Å². The van der Waals surface area contributed by atoms with E-state index in [4.69, 9.17) is 5.10 Å². The molecular formula is C24H32N4O2. The van der Waals surface area contributed by atoms with Crippen molar-refractivity contribution < 1.29 is 10.2 Å². The summed E-state index contributed by atoms with van der Waals surface area (Å²) in [6.45, 7) is 9.00. The summed E-state index contributed by atoms with van der Waals surface area (Å²) in [5.74, 6) is 1.24. The maximum Gasteiger partial charge on any atom is 0.171 e. The van der Waals surface area contributed by atoms with Gasteiger partial charge >= 0.3 is 0 Å². The van der Waals surface area contributed by atoms with Gasteiger partial charge in [0, 0.05) is 25.2 Å². The highest BCUT2D eigenvalue weighted by Gasteiger charge is 2.56. The van der Waals surface area contributed by atoms with Gasteiger partial charge in [0.2, 0.25) is 0 Å². The monoisotopic (exact) mass is 408 g/mol. The van der Waals surface area contributed by atoms with Crippen molar-refractivity contribution in [2.75, 3.05) is 6.61 Å². The number of fused-ring (bicyclic) bond motifs is 2. The third-order valence-electron chi connectivity index (χ3n) is 8.86. The molecule has 0 bridgehead atoms. The Morgan fingerprint density at radius 1 is 1.23 bits per heavy atom. The van der Waals surface area contributed by atoms with Crippen LogP contribution >= 0.6 is 0 Å². The lowest BCUT2D eigenvalue weighted by molar-refractivity contribution is -0.104. The van der Waals surface area contributed by atoms with Crippen molar-refractivity contribution >= 4 is 0 Å². The fourth-order valence-electron chi connectivity index (χ4n) is 6.75. The van der Waals surface area contributed by atoms with Crippen LogP contribution in [0.3, 0.4) is 0 Å². The second-order valence-electron chi connectivity index (χ2n) is 10.2. The van der Waals surface area contributed by atoms with Crippen molar-refractivity contribution in [3.63, 3.8) is 0 Å². The number of hydrogen-bond donors (Lipinski definition) is 2. The summed E-state index contributed by atoms with van der Waals surface area (Å²) in [5, 5.41) is 26.6. The molecule has 6 atom stereocenters. The average Bonchev–Trinajstić information content (AvgIpc) is 3.28. The molecule has 0 amide bonds. The van der Waals surface area contributed by atoms with Crippen LogP contribution in [0.1, 0.15) is 50.8 Å². The second kappa shape index (κ2) is 6.99. The molecule has 2 N–H and O–H groups in total. The molecule has 30 heavy (non-hydrogen) atoms. The highest BCUT2D eigenvalue weighted by Crippen LogP contribution is 2.60. The summed E-state index contributed by atoms with van der Waals surface area (Å²) in [6, 6.07) is 0. The van der Waals surface area contributed by atoms with Crippen molar-refractivity contribution in [1.29, 1.82) is 0 Å². The summed E-state index contributed by atoms with van der Waals surface area (Å²) in [6.07, 6.45) is 12.4. The van der Waals surface area contributed by atoms with Crippen LogP contribution in [0, 0.1) is 28.6 Å². The van der Waals surface area contributed by atoms with E-state index in [2.05, 4.69) is 36.6 Å². The number of aromatic nitrogens is 4. The zero-order chi connectivity index (χ0) is 21.1. The predicted molar refractivity (Wildman–Crippen MR) is 114 cm³/mol. The van der Waals surface area contributed by atoms with Crippen LogP contribution in [-0.2, 0) is 12.8 Å². The Morgan fingerprint density at radius 3 is 2.80 bits per heavy atom. The van der Waals surface area contributed by atoms with Crippen LogP contribution in [-0.4, -0.2) is 42.7 Å². The Kier molecular flexibility index (Phi) is 4.63. The van der Waals surface area contributed by atoms with E-state index in [1.165, 1.54) is 11.1 Å². The number of aliphatic hydroxyl groups is 2. The fourth-order valence-corrected chi connectivity index (χ4v) is 6.75. The highest BCUT2D eigenvalue weighted by atomic mass is 16.3. The van der Waals surface area contributed by atoms with Crippen molar-refractivity contribution in [1.82, 2.24) is 19.7 Å². The van der Waals surface area contributed by atoms with E-state index in [1.54, 1.807) is 23.3 Å². The highest BCUT2D eigenvalue weighted by molar-refractivity contribution is 5.30. The first-order chi connectivity index (χ1) is 14.4.